The molecule has 2 aliphatic heterocycles. The minimum atomic E-state index is -3.06. The van der Waals surface area contributed by atoms with Crippen LogP contribution < -0.4 is 10.1 Å². The summed E-state index contributed by atoms with van der Waals surface area (Å²) in [5.74, 6) is 1.33. The van der Waals surface area contributed by atoms with Crippen LogP contribution in [0, 0.1) is 5.92 Å². The summed E-state index contributed by atoms with van der Waals surface area (Å²) in [5, 5.41) is 3.59. The van der Waals surface area contributed by atoms with Crippen molar-refractivity contribution in [2.75, 3.05) is 26.0 Å². The van der Waals surface area contributed by atoms with E-state index in [0.29, 0.717) is 25.0 Å². The Balaban J connectivity index is 1.56. The third kappa shape index (κ3) is 3.45. The molecule has 2 aliphatic rings. The molecule has 6 heteroatoms. The van der Waals surface area contributed by atoms with Gasteiger partial charge in [-0.1, -0.05) is 19.1 Å². The van der Waals surface area contributed by atoms with Crippen LogP contribution in [0.3, 0.4) is 0 Å². The van der Waals surface area contributed by atoms with Crippen molar-refractivity contribution >= 4 is 10.0 Å². The third-order valence-electron chi connectivity index (χ3n) is 4.66. The molecule has 122 valence electrons. The van der Waals surface area contributed by atoms with Crippen LogP contribution in [0.15, 0.2) is 18.2 Å². The average molecular weight is 324 g/mol. The van der Waals surface area contributed by atoms with Crippen molar-refractivity contribution in [1.29, 1.82) is 0 Å². The number of hydrogen-bond donors (Lipinski definition) is 1. The van der Waals surface area contributed by atoms with Crippen molar-refractivity contribution in [3.05, 3.63) is 29.3 Å². The van der Waals surface area contributed by atoms with E-state index in [-0.39, 0.29) is 0 Å². The summed E-state index contributed by atoms with van der Waals surface area (Å²) in [6.45, 7) is 4.94. The highest BCUT2D eigenvalue weighted by molar-refractivity contribution is 7.88. The molecular weight excluding hydrogens is 300 g/mol. The number of ether oxygens (including phenoxy) is 1. The van der Waals surface area contributed by atoms with E-state index in [9.17, 15) is 8.42 Å². The van der Waals surface area contributed by atoms with Crippen LogP contribution in [0.4, 0.5) is 0 Å². The maximum absolute atomic E-state index is 11.6. The fourth-order valence-electron chi connectivity index (χ4n) is 3.31. The van der Waals surface area contributed by atoms with Gasteiger partial charge in [0.15, 0.2) is 0 Å². The van der Waals surface area contributed by atoms with Crippen molar-refractivity contribution in [3.63, 3.8) is 0 Å². The molecule has 1 aromatic rings. The first-order valence-electron chi connectivity index (χ1n) is 7.86. The van der Waals surface area contributed by atoms with Crippen LogP contribution in [0.5, 0.6) is 5.75 Å². The SMILES string of the molecule is C[C@H]1CN(S(C)(=O)=O)CC[C@@H]1NCc1ccc2c(c1)CCO2. The van der Waals surface area contributed by atoms with Gasteiger partial charge in [0.1, 0.15) is 5.75 Å². The number of rotatable bonds is 4. The van der Waals surface area contributed by atoms with Crippen molar-refractivity contribution < 1.29 is 13.2 Å². The Morgan fingerprint density at radius 1 is 1.41 bits per heavy atom. The minimum Gasteiger partial charge on any atom is -0.493 e. The topological polar surface area (TPSA) is 58.6 Å². The van der Waals surface area contributed by atoms with E-state index in [1.807, 2.05) is 0 Å². The molecule has 0 aromatic heterocycles. The molecule has 0 amide bonds. The van der Waals surface area contributed by atoms with Gasteiger partial charge < -0.3 is 10.1 Å². The van der Waals surface area contributed by atoms with E-state index in [0.717, 1.165) is 31.7 Å². The molecule has 3 rings (SSSR count). The maximum Gasteiger partial charge on any atom is 0.211 e. The summed E-state index contributed by atoms with van der Waals surface area (Å²) >= 11 is 0. The highest BCUT2D eigenvalue weighted by Gasteiger charge is 2.30. The Hall–Kier alpha value is -1.11. The third-order valence-corrected chi connectivity index (χ3v) is 5.93. The van der Waals surface area contributed by atoms with Crippen molar-refractivity contribution in [2.45, 2.75) is 32.4 Å². The summed E-state index contributed by atoms with van der Waals surface area (Å²) in [4.78, 5) is 0. The molecule has 2 atom stereocenters. The minimum absolute atomic E-state index is 0.321. The van der Waals surface area contributed by atoms with Gasteiger partial charge in [-0.15, -0.1) is 0 Å². The number of sulfonamides is 1. The smallest absolute Gasteiger partial charge is 0.211 e. The first-order valence-corrected chi connectivity index (χ1v) is 9.71. The van der Waals surface area contributed by atoms with Crippen molar-refractivity contribution in [3.8, 4) is 5.75 Å². The zero-order valence-corrected chi connectivity index (χ0v) is 14.0. The van der Waals surface area contributed by atoms with Gasteiger partial charge in [-0.3, -0.25) is 0 Å². The van der Waals surface area contributed by atoms with Crippen LogP contribution >= 0.6 is 0 Å². The molecule has 2 heterocycles. The summed E-state index contributed by atoms with van der Waals surface area (Å²) < 4.78 is 30.4. The molecule has 0 unspecified atom stereocenters. The number of hydrogen-bond acceptors (Lipinski definition) is 4. The van der Waals surface area contributed by atoms with E-state index in [1.165, 1.54) is 17.4 Å². The lowest BCUT2D eigenvalue weighted by Gasteiger charge is -2.36. The fourth-order valence-corrected chi connectivity index (χ4v) is 4.25. The Bertz CT molecular complexity index is 645. The Labute approximate surface area is 132 Å². The molecule has 0 saturated carbocycles. The van der Waals surface area contributed by atoms with E-state index >= 15 is 0 Å². The van der Waals surface area contributed by atoms with Crippen LogP contribution in [0.2, 0.25) is 0 Å². The van der Waals surface area contributed by atoms with E-state index < -0.39 is 10.0 Å². The van der Waals surface area contributed by atoms with Gasteiger partial charge in [-0.2, -0.15) is 0 Å². The molecule has 1 fully saturated rings. The van der Waals surface area contributed by atoms with Gasteiger partial charge in [0.2, 0.25) is 10.0 Å². The second-order valence-corrected chi connectivity index (χ2v) is 8.40. The molecule has 0 radical (unpaired) electrons. The van der Waals surface area contributed by atoms with Crippen LogP contribution in [-0.4, -0.2) is 44.7 Å². The summed E-state index contributed by atoms with van der Waals surface area (Å²) in [5.41, 5.74) is 2.56. The first kappa shape index (κ1) is 15.8. The molecule has 1 saturated heterocycles. The predicted molar refractivity (Wildman–Crippen MR) is 86.5 cm³/mol. The first-order chi connectivity index (χ1) is 10.4. The van der Waals surface area contributed by atoms with Gasteiger partial charge in [-0.05, 0) is 29.5 Å². The average Bonchev–Trinajstić information content (AvgIpc) is 2.92. The van der Waals surface area contributed by atoms with Crippen LogP contribution in [-0.2, 0) is 23.0 Å². The van der Waals surface area contributed by atoms with E-state index in [4.69, 9.17) is 4.74 Å². The number of nitrogens with zero attached hydrogens (tertiary/aromatic N) is 1. The highest BCUT2D eigenvalue weighted by Crippen LogP contribution is 2.26. The molecule has 1 aromatic carbocycles. The second kappa shape index (κ2) is 6.18. The van der Waals surface area contributed by atoms with Crippen LogP contribution in [0.1, 0.15) is 24.5 Å². The lowest BCUT2D eigenvalue weighted by Crippen LogP contribution is -2.49. The van der Waals surface area contributed by atoms with Gasteiger partial charge >= 0.3 is 0 Å². The van der Waals surface area contributed by atoms with Gasteiger partial charge in [0.05, 0.1) is 12.9 Å². The number of fused-ring (bicyclic) bond motifs is 1. The molecule has 0 aliphatic carbocycles. The normalized spacial score (nSPS) is 25.7. The van der Waals surface area contributed by atoms with E-state index in [1.54, 1.807) is 4.31 Å². The quantitative estimate of drug-likeness (QED) is 0.909. The highest BCUT2D eigenvalue weighted by atomic mass is 32.2. The zero-order valence-electron chi connectivity index (χ0n) is 13.2. The second-order valence-electron chi connectivity index (χ2n) is 6.41. The van der Waals surface area contributed by atoms with Crippen molar-refractivity contribution in [2.24, 2.45) is 5.92 Å². The monoisotopic (exact) mass is 324 g/mol. The largest absolute Gasteiger partial charge is 0.493 e. The lowest BCUT2D eigenvalue weighted by atomic mass is 9.95. The van der Waals surface area contributed by atoms with E-state index in [2.05, 4.69) is 30.4 Å². The van der Waals surface area contributed by atoms with Gasteiger partial charge in [0, 0.05) is 32.1 Å². The summed E-state index contributed by atoms with van der Waals surface area (Å²) in [6.07, 6.45) is 3.15. The van der Waals surface area contributed by atoms with Gasteiger partial charge in [-0.25, -0.2) is 12.7 Å². The predicted octanol–water partition coefficient (Wildman–Crippen LogP) is 1.38. The summed E-state index contributed by atoms with van der Waals surface area (Å²) in [6, 6.07) is 6.73. The molecule has 22 heavy (non-hydrogen) atoms. The standard InChI is InChI=1S/C16H24N2O3S/c1-12-11-18(22(2,19)20)7-5-15(12)17-10-13-3-4-16-14(9-13)6-8-21-16/h3-4,9,12,15,17H,5-8,10-11H2,1-2H3/t12-,15-/m0/s1. The fraction of sp³-hybridized carbons (Fsp3) is 0.625. The molecular formula is C16H24N2O3S. The molecule has 0 spiro atoms. The maximum atomic E-state index is 11.6. The molecule has 5 nitrogen and oxygen atoms in total. The van der Waals surface area contributed by atoms with Crippen molar-refractivity contribution in [1.82, 2.24) is 9.62 Å². The Kier molecular flexibility index (Phi) is 4.43. The molecule has 0 bridgehead atoms. The number of benzene rings is 1. The summed E-state index contributed by atoms with van der Waals surface area (Å²) in [7, 11) is -3.06. The van der Waals surface area contributed by atoms with Crippen LogP contribution in [0.25, 0.3) is 0 Å². The molecule has 1 N–H and O–H groups in total. The van der Waals surface area contributed by atoms with Gasteiger partial charge in [0.25, 0.3) is 0 Å². The zero-order chi connectivity index (χ0) is 15.7. The lowest BCUT2D eigenvalue weighted by molar-refractivity contribution is 0.220. The Morgan fingerprint density at radius 2 is 2.23 bits per heavy atom. The number of piperidine rings is 1. The Morgan fingerprint density at radius 3 is 2.95 bits per heavy atom. The number of nitrogens with one attached hydrogen (secondary N) is 1.